The van der Waals surface area contributed by atoms with Gasteiger partial charge < -0.3 is 19.0 Å². The van der Waals surface area contributed by atoms with E-state index in [4.69, 9.17) is 14.2 Å². The normalized spacial score (nSPS) is 46.0. The molecule has 0 saturated carbocycles. The van der Waals surface area contributed by atoms with Crippen LogP contribution in [-0.2, 0) is 19.0 Å². The molecule has 3 fully saturated rings. The smallest absolute Gasteiger partial charge is 0.292 e. The predicted octanol–water partition coefficient (Wildman–Crippen LogP) is 0.558. The largest absolute Gasteiger partial charge is 0.326 e. The molecule has 3 saturated heterocycles. The molecule has 1 unspecified atom stereocenters. The molecular weight excluding hydrogens is 172 g/mol. The molecule has 4 nitrogen and oxygen atoms in total. The maximum absolute atomic E-state index is 10.6. The third-order valence-electron chi connectivity index (χ3n) is 2.63. The van der Waals surface area contributed by atoms with Crippen molar-refractivity contribution in [3.8, 4) is 0 Å². The first-order valence-corrected chi connectivity index (χ1v) is 4.47. The summed E-state index contributed by atoms with van der Waals surface area (Å²) in [5.41, 5.74) is -0.0373. The number of fused-ring (bicyclic) bond motifs is 3. The fraction of sp³-hybridized carbons (Fsp3) is 0.889. The van der Waals surface area contributed by atoms with Gasteiger partial charge in [0.05, 0.1) is 25.7 Å². The summed E-state index contributed by atoms with van der Waals surface area (Å²) in [6.07, 6.45) is 0.800. The lowest BCUT2D eigenvalue weighted by Crippen LogP contribution is -2.61. The molecule has 3 aliphatic rings. The van der Waals surface area contributed by atoms with E-state index < -0.39 is 5.97 Å². The van der Waals surface area contributed by atoms with Crippen molar-refractivity contribution in [1.82, 2.24) is 0 Å². The van der Waals surface area contributed by atoms with Crippen molar-refractivity contribution in [1.29, 1.82) is 0 Å². The van der Waals surface area contributed by atoms with Crippen LogP contribution in [0.1, 0.15) is 13.8 Å². The number of rotatable bonds is 2. The van der Waals surface area contributed by atoms with Gasteiger partial charge >= 0.3 is 0 Å². The van der Waals surface area contributed by atoms with E-state index >= 15 is 0 Å². The maximum Gasteiger partial charge on any atom is 0.292 e. The summed E-state index contributed by atoms with van der Waals surface area (Å²) >= 11 is 0. The van der Waals surface area contributed by atoms with E-state index in [1.54, 1.807) is 6.92 Å². The van der Waals surface area contributed by atoms with Crippen molar-refractivity contribution in [3.05, 3.63) is 0 Å². The van der Waals surface area contributed by atoms with Gasteiger partial charge in [0.1, 0.15) is 6.29 Å². The van der Waals surface area contributed by atoms with Gasteiger partial charge in [-0.2, -0.15) is 0 Å². The fourth-order valence-electron chi connectivity index (χ4n) is 1.55. The number of hydrogen-bond acceptors (Lipinski definition) is 4. The molecule has 1 atom stereocenters. The van der Waals surface area contributed by atoms with Gasteiger partial charge in [0, 0.05) is 5.41 Å². The van der Waals surface area contributed by atoms with Crippen molar-refractivity contribution in [2.24, 2.45) is 11.3 Å². The van der Waals surface area contributed by atoms with Crippen LogP contribution in [0.4, 0.5) is 0 Å². The first-order valence-electron chi connectivity index (χ1n) is 4.47. The van der Waals surface area contributed by atoms with E-state index in [1.165, 1.54) is 0 Å². The Labute approximate surface area is 77.1 Å². The number of ether oxygens (including phenoxy) is 3. The molecule has 3 rings (SSSR count). The number of hydrogen-bond donors (Lipinski definition) is 0. The van der Waals surface area contributed by atoms with Gasteiger partial charge in [-0.25, -0.2) is 0 Å². The van der Waals surface area contributed by atoms with Crippen molar-refractivity contribution in [3.63, 3.8) is 0 Å². The third kappa shape index (κ3) is 1.29. The molecule has 0 N–H and O–H groups in total. The predicted molar refractivity (Wildman–Crippen MR) is 43.9 cm³/mol. The van der Waals surface area contributed by atoms with Crippen LogP contribution in [0.5, 0.6) is 0 Å². The van der Waals surface area contributed by atoms with Crippen molar-refractivity contribution in [2.75, 3.05) is 19.8 Å². The van der Waals surface area contributed by atoms with E-state index in [2.05, 4.69) is 0 Å². The Morgan fingerprint density at radius 3 is 2.08 bits per heavy atom. The monoisotopic (exact) mass is 186 g/mol. The minimum absolute atomic E-state index is 0.0373. The summed E-state index contributed by atoms with van der Waals surface area (Å²) < 4.78 is 16.3. The molecule has 0 spiro atoms. The lowest BCUT2D eigenvalue weighted by atomic mass is 9.90. The Morgan fingerprint density at radius 1 is 1.23 bits per heavy atom. The molecule has 0 radical (unpaired) electrons. The Hall–Kier alpha value is -0.450. The van der Waals surface area contributed by atoms with Crippen LogP contribution in [0.3, 0.4) is 0 Å². The molecule has 13 heavy (non-hydrogen) atoms. The molecule has 3 aliphatic heterocycles. The van der Waals surface area contributed by atoms with Crippen molar-refractivity contribution < 1.29 is 19.0 Å². The number of aldehydes is 1. The van der Waals surface area contributed by atoms with Gasteiger partial charge in [0.25, 0.3) is 5.97 Å². The zero-order chi connectivity index (χ0) is 9.53. The molecule has 0 amide bonds. The minimum atomic E-state index is -1.10. The highest BCUT2D eigenvalue weighted by molar-refractivity contribution is 5.54. The zero-order valence-electron chi connectivity index (χ0n) is 7.91. The first-order chi connectivity index (χ1) is 6.10. The van der Waals surface area contributed by atoms with Crippen LogP contribution in [0, 0.1) is 11.3 Å². The molecule has 0 aromatic heterocycles. The van der Waals surface area contributed by atoms with E-state index in [0.29, 0.717) is 19.8 Å². The van der Waals surface area contributed by atoms with Crippen LogP contribution in [0.25, 0.3) is 0 Å². The van der Waals surface area contributed by atoms with Crippen molar-refractivity contribution >= 4 is 6.29 Å². The van der Waals surface area contributed by atoms with Crippen LogP contribution in [-0.4, -0.2) is 32.1 Å². The van der Waals surface area contributed by atoms with Gasteiger partial charge in [-0.05, 0) is 6.92 Å². The van der Waals surface area contributed by atoms with E-state index in [0.717, 1.165) is 6.29 Å². The first kappa shape index (κ1) is 9.12. The summed E-state index contributed by atoms with van der Waals surface area (Å²) in [5, 5.41) is 0. The van der Waals surface area contributed by atoms with Crippen LogP contribution < -0.4 is 0 Å². The van der Waals surface area contributed by atoms with Gasteiger partial charge in [0.15, 0.2) is 0 Å². The third-order valence-corrected chi connectivity index (χ3v) is 2.63. The Morgan fingerprint density at radius 2 is 1.69 bits per heavy atom. The molecule has 0 aromatic rings. The Kier molecular flexibility index (Phi) is 1.94. The van der Waals surface area contributed by atoms with Gasteiger partial charge in [-0.3, -0.25) is 0 Å². The molecule has 4 heteroatoms. The average Bonchev–Trinajstić information content (AvgIpc) is 2.18. The Balaban J connectivity index is 2.15. The molecule has 3 heterocycles. The van der Waals surface area contributed by atoms with E-state index in [-0.39, 0.29) is 11.3 Å². The molecule has 0 aromatic carbocycles. The second-order valence-corrected chi connectivity index (χ2v) is 4.20. The number of carbonyl (C=O) groups excluding carboxylic acids is 1. The summed E-state index contributed by atoms with van der Waals surface area (Å²) in [4.78, 5) is 10.6. The lowest BCUT2D eigenvalue weighted by molar-refractivity contribution is -0.476. The molecule has 2 bridgehead atoms. The van der Waals surface area contributed by atoms with Crippen LogP contribution in [0.2, 0.25) is 0 Å². The zero-order valence-corrected chi connectivity index (χ0v) is 7.91. The summed E-state index contributed by atoms with van der Waals surface area (Å²) in [5.74, 6) is -1.48. The lowest BCUT2D eigenvalue weighted by Gasteiger charge is -2.51. The highest BCUT2D eigenvalue weighted by Crippen LogP contribution is 2.41. The highest BCUT2D eigenvalue weighted by atomic mass is 16.9. The second-order valence-electron chi connectivity index (χ2n) is 4.20. The van der Waals surface area contributed by atoms with Crippen LogP contribution >= 0.6 is 0 Å². The van der Waals surface area contributed by atoms with Gasteiger partial charge in [-0.15, -0.1) is 0 Å². The summed E-state index contributed by atoms with van der Waals surface area (Å²) in [6, 6.07) is 0. The maximum atomic E-state index is 10.6. The minimum Gasteiger partial charge on any atom is -0.326 e. The SMILES string of the molecule is CC(C=O)C12OCC(C)(CO1)CO2. The van der Waals surface area contributed by atoms with Gasteiger partial charge in [0.2, 0.25) is 0 Å². The standard InChI is InChI=1S/C9H14O4/c1-7(3-10)9-11-4-8(2,5-12-9)6-13-9/h3,7H,4-6H2,1-2H3. The van der Waals surface area contributed by atoms with Gasteiger partial charge in [-0.1, -0.05) is 6.92 Å². The summed E-state index contributed by atoms with van der Waals surface area (Å²) in [7, 11) is 0. The van der Waals surface area contributed by atoms with Crippen molar-refractivity contribution in [2.45, 2.75) is 19.8 Å². The Bertz CT molecular complexity index is 201. The topological polar surface area (TPSA) is 44.8 Å². The molecular formula is C9H14O4. The average molecular weight is 186 g/mol. The quantitative estimate of drug-likeness (QED) is 0.591. The van der Waals surface area contributed by atoms with E-state index in [1.807, 2.05) is 6.92 Å². The van der Waals surface area contributed by atoms with Crippen LogP contribution in [0.15, 0.2) is 0 Å². The number of carbonyl (C=O) groups is 1. The highest BCUT2D eigenvalue weighted by Gasteiger charge is 2.53. The summed E-state index contributed by atoms with van der Waals surface area (Å²) in [6.45, 7) is 5.59. The molecule has 0 aliphatic carbocycles. The fourth-order valence-corrected chi connectivity index (χ4v) is 1.55. The molecule has 74 valence electrons. The van der Waals surface area contributed by atoms with E-state index in [9.17, 15) is 4.79 Å². The second kappa shape index (κ2) is 2.77.